The summed E-state index contributed by atoms with van der Waals surface area (Å²) in [5, 5.41) is 18.0. The van der Waals surface area contributed by atoms with Gasteiger partial charge in [-0.15, -0.1) is 10.2 Å². The van der Waals surface area contributed by atoms with E-state index in [1.807, 2.05) is 31.2 Å². The average Bonchev–Trinajstić information content (AvgIpc) is 2.33. The Kier molecular flexibility index (Phi) is 2.90. The fourth-order valence-corrected chi connectivity index (χ4v) is 1.12. The third kappa shape index (κ3) is 2.41. The van der Waals surface area contributed by atoms with Crippen molar-refractivity contribution in [2.24, 2.45) is 0 Å². The highest BCUT2D eigenvalue weighted by atomic mass is 16.5. The van der Waals surface area contributed by atoms with Crippen LogP contribution in [-0.2, 0) is 0 Å². The van der Waals surface area contributed by atoms with Crippen molar-refractivity contribution in [1.82, 2.24) is 20.4 Å². The Morgan fingerprint density at radius 3 is 2.19 bits per heavy atom. The molecular weight excluding hydrogens is 206 g/mol. The van der Waals surface area contributed by atoms with Gasteiger partial charge in [0.05, 0.1) is 7.11 Å². The van der Waals surface area contributed by atoms with Gasteiger partial charge in [-0.25, -0.2) is 0 Å². The van der Waals surface area contributed by atoms with E-state index in [2.05, 4.69) is 25.7 Å². The van der Waals surface area contributed by atoms with Crippen LogP contribution in [0.3, 0.4) is 0 Å². The quantitative estimate of drug-likeness (QED) is 0.836. The minimum absolute atomic E-state index is 0.148. The molecule has 1 aromatic carbocycles. The summed E-state index contributed by atoms with van der Waals surface area (Å²) < 4.78 is 4.76. The molecule has 0 amide bonds. The molecular formula is C10H11N5O. The summed E-state index contributed by atoms with van der Waals surface area (Å²) in [5.74, 6) is 0.338. The Morgan fingerprint density at radius 2 is 1.62 bits per heavy atom. The summed E-state index contributed by atoms with van der Waals surface area (Å²) in [6.45, 7) is 2.02. The number of anilines is 2. The van der Waals surface area contributed by atoms with Gasteiger partial charge in [-0.2, -0.15) is 0 Å². The minimum atomic E-state index is 0.148. The molecule has 6 heteroatoms. The van der Waals surface area contributed by atoms with Gasteiger partial charge >= 0.3 is 6.01 Å². The molecule has 1 aromatic heterocycles. The molecule has 16 heavy (non-hydrogen) atoms. The maximum atomic E-state index is 4.76. The standard InChI is InChI=1S/C10H11N5O/c1-7-3-5-8(6-4-7)11-9-12-14-10(16-2)15-13-9/h3-6H,1-2H3,(H,11,12,13). The summed E-state index contributed by atoms with van der Waals surface area (Å²) in [6, 6.07) is 8.00. The first-order chi connectivity index (χ1) is 7.78. The predicted octanol–water partition coefficient (Wildman–Crippen LogP) is 1.33. The number of aromatic nitrogens is 4. The highest BCUT2D eigenvalue weighted by molar-refractivity contribution is 5.52. The Balaban J connectivity index is 2.11. The zero-order valence-electron chi connectivity index (χ0n) is 9.01. The fourth-order valence-electron chi connectivity index (χ4n) is 1.12. The molecule has 1 N–H and O–H groups in total. The van der Waals surface area contributed by atoms with Crippen molar-refractivity contribution in [2.75, 3.05) is 12.4 Å². The van der Waals surface area contributed by atoms with Gasteiger partial charge in [0.1, 0.15) is 0 Å². The number of benzene rings is 1. The van der Waals surface area contributed by atoms with Gasteiger partial charge in [0, 0.05) is 5.69 Å². The number of hydrogen-bond acceptors (Lipinski definition) is 6. The largest absolute Gasteiger partial charge is 0.465 e. The topological polar surface area (TPSA) is 72.8 Å². The number of nitrogens with zero attached hydrogens (tertiary/aromatic N) is 4. The van der Waals surface area contributed by atoms with Crippen LogP contribution in [0.4, 0.5) is 11.6 Å². The van der Waals surface area contributed by atoms with Crippen LogP contribution in [-0.4, -0.2) is 27.5 Å². The monoisotopic (exact) mass is 217 g/mol. The van der Waals surface area contributed by atoms with Crippen molar-refractivity contribution in [1.29, 1.82) is 0 Å². The van der Waals surface area contributed by atoms with Crippen molar-refractivity contribution in [3.05, 3.63) is 29.8 Å². The third-order valence-corrected chi connectivity index (χ3v) is 1.95. The molecule has 0 saturated heterocycles. The smallest absolute Gasteiger partial charge is 0.354 e. The summed E-state index contributed by atoms with van der Waals surface area (Å²) in [6.07, 6.45) is 0. The van der Waals surface area contributed by atoms with E-state index in [0.29, 0.717) is 5.95 Å². The third-order valence-electron chi connectivity index (χ3n) is 1.95. The number of methoxy groups -OCH3 is 1. The van der Waals surface area contributed by atoms with Crippen LogP contribution in [0.5, 0.6) is 6.01 Å². The number of ether oxygens (including phenoxy) is 1. The van der Waals surface area contributed by atoms with Crippen molar-refractivity contribution in [3.63, 3.8) is 0 Å². The SMILES string of the molecule is COc1nnc(Nc2ccc(C)cc2)nn1. The number of aryl methyl sites for hydroxylation is 1. The first kappa shape index (κ1) is 10.3. The number of hydrogen-bond donors (Lipinski definition) is 1. The van der Waals surface area contributed by atoms with Crippen LogP contribution >= 0.6 is 0 Å². The number of nitrogens with one attached hydrogen (secondary N) is 1. The first-order valence-electron chi connectivity index (χ1n) is 4.73. The Hall–Kier alpha value is -2.24. The van der Waals surface area contributed by atoms with Crippen LogP contribution in [0.15, 0.2) is 24.3 Å². The lowest BCUT2D eigenvalue weighted by atomic mass is 10.2. The van der Waals surface area contributed by atoms with Crippen molar-refractivity contribution < 1.29 is 4.74 Å². The lowest BCUT2D eigenvalue weighted by Crippen LogP contribution is -2.03. The molecule has 0 unspecified atom stereocenters. The zero-order chi connectivity index (χ0) is 11.4. The van der Waals surface area contributed by atoms with Crippen molar-refractivity contribution in [2.45, 2.75) is 6.92 Å². The van der Waals surface area contributed by atoms with Gasteiger partial charge in [-0.3, -0.25) is 0 Å². The predicted molar refractivity (Wildman–Crippen MR) is 58.6 cm³/mol. The maximum Gasteiger partial charge on any atom is 0.354 e. The average molecular weight is 217 g/mol. The molecule has 82 valence electrons. The van der Waals surface area contributed by atoms with E-state index in [0.717, 1.165) is 5.69 Å². The van der Waals surface area contributed by atoms with Crippen LogP contribution in [0, 0.1) is 6.92 Å². The molecule has 0 bridgehead atoms. The molecule has 0 fully saturated rings. The maximum absolute atomic E-state index is 4.76. The molecule has 2 aromatic rings. The molecule has 0 radical (unpaired) electrons. The van der Waals surface area contributed by atoms with Crippen LogP contribution in [0.25, 0.3) is 0 Å². The lowest BCUT2D eigenvalue weighted by molar-refractivity contribution is 0.366. The summed E-state index contributed by atoms with van der Waals surface area (Å²) in [7, 11) is 1.46. The van der Waals surface area contributed by atoms with Gasteiger partial charge in [-0.05, 0) is 19.1 Å². The second-order valence-corrected chi connectivity index (χ2v) is 3.20. The highest BCUT2D eigenvalue weighted by Gasteiger charge is 2.00. The molecule has 1 heterocycles. The molecule has 6 nitrogen and oxygen atoms in total. The van der Waals surface area contributed by atoms with Crippen molar-refractivity contribution >= 4 is 11.6 Å². The second kappa shape index (κ2) is 4.52. The van der Waals surface area contributed by atoms with E-state index in [1.54, 1.807) is 0 Å². The normalized spacial score (nSPS) is 9.88. The molecule has 0 spiro atoms. The molecule has 0 saturated carbocycles. The molecule has 0 aliphatic rings. The van der Waals surface area contributed by atoms with Gasteiger partial charge in [0.25, 0.3) is 5.95 Å². The second-order valence-electron chi connectivity index (χ2n) is 3.20. The minimum Gasteiger partial charge on any atom is -0.465 e. The number of rotatable bonds is 3. The summed E-state index contributed by atoms with van der Waals surface area (Å²) in [4.78, 5) is 0. The highest BCUT2D eigenvalue weighted by Crippen LogP contribution is 2.12. The van der Waals surface area contributed by atoms with Gasteiger partial charge in [0.2, 0.25) is 0 Å². The van der Waals surface area contributed by atoms with Crippen molar-refractivity contribution in [3.8, 4) is 6.01 Å². The molecule has 0 aliphatic heterocycles. The van der Waals surface area contributed by atoms with E-state index < -0.39 is 0 Å². The molecule has 2 rings (SSSR count). The van der Waals surface area contributed by atoms with Gasteiger partial charge < -0.3 is 10.1 Å². The van der Waals surface area contributed by atoms with E-state index in [-0.39, 0.29) is 6.01 Å². The van der Waals surface area contributed by atoms with Crippen LogP contribution < -0.4 is 10.1 Å². The Morgan fingerprint density at radius 1 is 1.00 bits per heavy atom. The Bertz CT molecular complexity index is 454. The molecule has 0 atom stereocenters. The lowest BCUT2D eigenvalue weighted by Gasteiger charge is -2.03. The zero-order valence-corrected chi connectivity index (χ0v) is 9.01. The molecule has 0 aliphatic carbocycles. The van der Waals surface area contributed by atoms with Gasteiger partial charge in [-0.1, -0.05) is 27.9 Å². The van der Waals surface area contributed by atoms with Gasteiger partial charge in [0.15, 0.2) is 0 Å². The first-order valence-corrected chi connectivity index (χ1v) is 4.73. The van der Waals surface area contributed by atoms with E-state index in [9.17, 15) is 0 Å². The Labute approximate surface area is 92.7 Å². The van der Waals surface area contributed by atoms with E-state index in [1.165, 1.54) is 12.7 Å². The van der Waals surface area contributed by atoms with E-state index >= 15 is 0 Å². The van der Waals surface area contributed by atoms with E-state index in [4.69, 9.17) is 4.74 Å². The van der Waals surface area contributed by atoms with Crippen LogP contribution in [0.2, 0.25) is 0 Å². The summed E-state index contributed by atoms with van der Waals surface area (Å²) in [5.41, 5.74) is 2.08. The van der Waals surface area contributed by atoms with Crippen LogP contribution in [0.1, 0.15) is 5.56 Å². The summed E-state index contributed by atoms with van der Waals surface area (Å²) >= 11 is 0. The fraction of sp³-hybridized carbons (Fsp3) is 0.200.